The Labute approximate surface area is 130 Å². The summed E-state index contributed by atoms with van der Waals surface area (Å²) in [5.74, 6) is -1.88. The van der Waals surface area contributed by atoms with E-state index in [0.29, 0.717) is 12.2 Å². The maximum absolute atomic E-state index is 12.2. The minimum absolute atomic E-state index is 0.0259. The third-order valence-electron chi connectivity index (χ3n) is 3.21. The van der Waals surface area contributed by atoms with Crippen molar-refractivity contribution >= 4 is 12.3 Å². The van der Waals surface area contributed by atoms with Crippen LogP contribution >= 0.6 is 0 Å². The first-order valence-corrected chi connectivity index (χ1v) is 7.28. The van der Waals surface area contributed by atoms with Gasteiger partial charge in [-0.3, -0.25) is 4.99 Å². The number of rotatable bonds is 6. The molecule has 2 rings (SSSR count). The minimum atomic E-state index is -5.06. The van der Waals surface area contributed by atoms with E-state index in [1.807, 2.05) is 0 Å². The number of aryl methyl sites for hydroxylation is 1. The molecule has 128 valence electrons. The van der Waals surface area contributed by atoms with E-state index in [0.717, 1.165) is 30.7 Å². The van der Waals surface area contributed by atoms with Crippen LogP contribution in [0.5, 0.6) is 0 Å². The number of unbranched alkanes of at least 4 members (excludes halogenated alkanes) is 2. The Morgan fingerprint density at radius 1 is 1.48 bits per heavy atom. The molecule has 10 heteroatoms. The van der Waals surface area contributed by atoms with Crippen molar-refractivity contribution in [3.63, 3.8) is 0 Å². The van der Waals surface area contributed by atoms with Crippen LogP contribution in [0.3, 0.4) is 0 Å². The van der Waals surface area contributed by atoms with E-state index in [1.165, 1.54) is 0 Å². The smallest absolute Gasteiger partial charge is 0.339 e. The van der Waals surface area contributed by atoms with Crippen molar-refractivity contribution in [3.8, 4) is 0 Å². The summed E-state index contributed by atoms with van der Waals surface area (Å²) in [6.45, 7) is 2.33. The zero-order valence-corrected chi connectivity index (χ0v) is 12.5. The Morgan fingerprint density at radius 3 is 2.96 bits per heavy atom. The van der Waals surface area contributed by atoms with Crippen molar-refractivity contribution in [1.82, 2.24) is 15.2 Å². The lowest BCUT2D eigenvalue weighted by Gasteiger charge is -2.25. The molecule has 0 fully saturated rings. The number of hydroxylamine groups is 2. The van der Waals surface area contributed by atoms with Crippen molar-refractivity contribution in [1.29, 1.82) is 0 Å². The Bertz CT molecular complexity index is 559. The number of carbonyl (C=O) groups is 1. The zero-order chi connectivity index (χ0) is 16.9. The number of carbonyl (C=O) groups excluding carboxylic acids is 1. The molecule has 1 aromatic heterocycles. The Kier molecular flexibility index (Phi) is 5.56. The van der Waals surface area contributed by atoms with Crippen molar-refractivity contribution in [2.24, 2.45) is 4.99 Å². The van der Waals surface area contributed by atoms with Gasteiger partial charge in [-0.05, 0) is 6.42 Å². The average Bonchev–Trinajstić information content (AvgIpc) is 2.96. The molecule has 1 atom stereocenters. The molecule has 23 heavy (non-hydrogen) atoms. The molecule has 0 spiro atoms. The second-order valence-corrected chi connectivity index (χ2v) is 5.16. The number of aromatic nitrogens is 2. The van der Waals surface area contributed by atoms with E-state index in [9.17, 15) is 18.0 Å². The molecule has 1 unspecified atom stereocenters. The predicted molar refractivity (Wildman–Crippen MR) is 72.5 cm³/mol. The van der Waals surface area contributed by atoms with Crippen molar-refractivity contribution < 1.29 is 27.3 Å². The second kappa shape index (κ2) is 7.42. The van der Waals surface area contributed by atoms with Crippen LogP contribution in [-0.2, 0) is 16.1 Å². The Balaban J connectivity index is 1.92. The maximum atomic E-state index is 12.2. The quantitative estimate of drug-likeness (QED) is 0.742. The molecule has 0 amide bonds. The summed E-state index contributed by atoms with van der Waals surface area (Å²) in [5.41, 5.74) is 0. The summed E-state index contributed by atoms with van der Waals surface area (Å²) in [7, 11) is 0. The molecule has 1 aromatic rings. The summed E-state index contributed by atoms with van der Waals surface area (Å²) in [6, 6.07) is 0. The minimum Gasteiger partial charge on any atom is -0.339 e. The summed E-state index contributed by atoms with van der Waals surface area (Å²) in [5, 5.41) is 4.57. The van der Waals surface area contributed by atoms with E-state index in [2.05, 4.69) is 26.9 Å². The third kappa shape index (κ3) is 4.93. The summed E-state index contributed by atoms with van der Waals surface area (Å²) >= 11 is 0. The third-order valence-corrected chi connectivity index (χ3v) is 3.21. The molecule has 2 heterocycles. The molecule has 0 bridgehead atoms. The van der Waals surface area contributed by atoms with Crippen molar-refractivity contribution in [2.75, 3.05) is 13.1 Å². The van der Waals surface area contributed by atoms with Gasteiger partial charge in [-0.2, -0.15) is 23.2 Å². The van der Waals surface area contributed by atoms with Crippen LogP contribution in [-0.4, -0.2) is 46.8 Å². The van der Waals surface area contributed by atoms with Gasteiger partial charge in [-0.1, -0.05) is 24.9 Å². The maximum Gasteiger partial charge on any atom is 0.493 e. The number of alkyl halides is 3. The number of hydrogen-bond acceptors (Lipinski definition) is 7. The first-order chi connectivity index (χ1) is 10.9. The monoisotopic (exact) mass is 334 g/mol. The summed E-state index contributed by atoms with van der Waals surface area (Å²) < 4.78 is 41.7. The van der Waals surface area contributed by atoms with Crippen LogP contribution < -0.4 is 0 Å². The highest BCUT2D eigenvalue weighted by atomic mass is 19.4. The van der Waals surface area contributed by atoms with Crippen LogP contribution in [0, 0.1) is 0 Å². The number of nitrogens with zero attached hydrogens (tertiary/aromatic N) is 4. The van der Waals surface area contributed by atoms with E-state index < -0.39 is 18.1 Å². The average molecular weight is 334 g/mol. The molecule has 1 aliphatic rings. The van der Waals surface area contributed by atoms with Crippen LogP contribution in [0.1, 0.15) is 43.8 Å². The number of halogens is 3. The molecule has 7 nitrogen and oxygen atoms in total. The molecule has 0 N–H and O–H groups in total. The van der Waals surface area contributed by atoms with Gasteiger partial charge in [0.05, 0.1) is 19.0 Å². The predicted octanol–water partition coefficient (Wildman–Crippen LogP) is 2.25. The zero-order valence-electron chi connectivity index (χ0n) is 12.5. The largest absolute Gasteiger partial charge is 0.493 e. The SMILES string of the molecule is CCCCCc1noc(C2CN=CN(OC(=O)C(F)(F)F)C2)n1. The first kappa shape index (κ1) is 17.2. The molecule has 0 aromatic carbocycles. The van der Waals surface area contributed by atoms with Crippen LogP contribution in [0.4, 0.5) is 13.2 Å². The topological polar surface area (TPSA) is 80.8 Å². The van der Waals surface area contributed by atoms with Gasteiger partial charge in [0.15, 0.2) is 5.82 Å². The summed E-state index contributed by atoms with van der Waals surface area (Å²) in [4.78, 5) is 23.1. The van der Waals surface area contributed by atoms with E-state index >= 15 is 0 Å². The standard InChI is InChI=1S/C13H17F3N4O3/c1-2-3-4-5-10-18-11(22-19-10)9-6-17-8-20(7-9)23-12(21)13(14,15)16/h8-9H,2-7H2,1H3. The molecular weight excluding hydrogens is 317 g/mol. The molecule has 0 aliphatic carbocycles. The lowest BCUT2D eigenvalue weighted by atomic mass is 10.1. The fourth-order valence-corrected chi connectivity index (χ4v) is 2.03. The fourth-order valence-electron chi connectivity index (χ4n) is 2.03. The molecule has 0 saturated heterocycles. The molecular formula is C13H17F3N4O3. The lowest BCUT2D eigenvalue weighted by molar-refractivity contribution is -0.225. The Hall–Kier alpha value is -2.13. The normalized spacial score (nSPS) is 18.3. The summed E-state index contributed by atoms with van der Waals surface area (Å²) in [6.07, 6.45) is -0.273. The highest BCUT2D eigenvalue weighted by Crippen LogP contribution is 2.22. The van der Waals surface area contributed by atoms with Crippen LogP contribution in [0.2, 0.25) is 0 Å². The first-order valence-electron chi connectivity index (χ1n) is 7.28. The van der Waals surface area contributed by atoms with E-state index in [4.69, 9.17) is 4.52 Å². The van der Waals surface area contributed by atoms with Gasteiger partial charge >= 0.3 is 12.1 Å². The van der Waals surface area contributed by atoms with Gasteiger partial charge < -0.3 is 9.36 Å². The van der Waals surface area contributed by atoms with Crippen LogP contribution in [0.25, 0.3) is 0 Å². The number of aliphatic imine (C=N–C) groups is 1. The molecule has 1 aliphatic heterocycles. The van der Waals surface area contributed by atoms with Crippen molar-refractivity contribution in [3.05, 3.63) is 11.7 Å². The molecule has 0 saturated carbocycles. The van der Waals surface area contributed by atoms with E-state index in [1.54, 1.807) is 0 Å². The van der Waals surface area contributed by atoms with Gasteiger partial charge in [0.25, 0.3) is 0 Å². The highest BCUT2D eigenvalue weighted by molar-refractivity contribution is 5.76. The Morgan fingerprint density at radius 2 is 2.26 bits per heavy atom. The second-order valence-electron chi connectivity index (χ2n) is 5.16. The van der Waals surface area contributed by atoms with Gasteiger partial charge in [-0.15, -0.1) is 0 Å². The van der Waals surface area contributed by atoms with Crippen molar-refractivity contribution in [2.45, 2.75) is 44.7 Å². The van der Waals surface area contributed by atoms with E-state index in [-0.39, 0.29) is 19.0 Å². The fraction of sp³-hybridized carbons (Fsp3) is 0.692. The highest BCUT2D eigenvalue weighted by Gasteiger charge is 2.43. The lowest BCUT2D eigenvalue weighted by Crippen LogP contribution is -2.39. The van der Waals surface area contributed by atoms with Gasteiger partial charge in [-0.25, -0.2) is 4.79 Å². The van der Waals surface area contributed by atoms with Crippen LogP contribution in [0.15, 0.2) is 9.52 Å². The van der Waals surface area contributed by atoms with Gasteiger partial charge in [0, 0.05) is 6.42 Å². The number of hydrogen-bond donors (Lipinski definition) is 0. The molecule has 0 radical (unpaired) electrons. The van der Waals surface area contributed by atoms with Gasteiger partial charge in [0.2, 0.25) is 5.89 Å². The van der Waals surface area contributed by atoms with Gasteiger partial charge in [0.1, 0.15) is 6.34 Å².